The fourth-order valence-corrected chi connectivity index (χ4v) is 6.42. The average molecular weight is 488 g/mol. The average Bonchev–Trinajstić information content (AvgIpc) is 3.13. The molecule has 3 atom stereocenters. The van der Waals surface area contributed by atoms with Crippen molar-refractivity contribution in [2.24, 2.45) is 5.92 Å². The van der Waals surface area contributed by atoms with Crippen LogP contribution in [0.25, 0.3) is 10.6 Å². The summed E-state index contributed by atoms with van der Waals surface area (Å²) in [7, 11) is -4.40. The SMILES string of the molecule is O=C(O)[C@]1(NS(=O)(=O)c2ccc(-c3cc(C(F)(F)F)on3)s2)[C@H](CO)[C@@H]1c1ccccc1. The molecule has 3 N–H and O–H groups in total. The number of benzene rings is 1. The molecule has 2 aromatic heterocycles. The zero-order chi connectivity index (χ0) is 23.3. The van der Waals surface area contributed by atoms with E-state index in [4.69, 9.17) is 0 Å². The van der Waals surface area contributed by atoms with Crippen LogP contribution in [0.3, 0.4) is 0 Å². The lowest BCUT2D eigenvalue weighted by molar-refractivity contribution is -0.155. The van der Waals surface area contributed by atoms with Gasteiger partial charge in [-0.15, -0.1) is 11.3 Å². The van der Waals surface area contributed by atoms with Crippen LogP contribution in [0.15, 0.2) is 57.3 Å². The lowest BCUT2D eigenvalue weighted by atomic mass is 10.1. The number of thiophene rings is 1. The molecule has 3 aromatic rings. The Morgan fingerprint density at radius 1 is 1.22 bits per heavy atom. The van der Waals surface area contributed by atoms with Gasteiger partial charge in [-0.2, -0.15) is 17.9 Å². The summed E-state index contributed by atoms with van der Waals surface area (Å²) in [5.41, 5.74) is -1.62. The molecule has 4 rings (SSSR count). The summed E-state index contributed by atoms with van der Waals surface area (Å²) in [5, 5.41) is 22.9. The van der Waals surface area contributed by atoms with Crippen molar-refractivity contribution in [3.63, 3.8) is 0 Å². The summed E-state index contributed by atoms with van der Waals surface area (Å²) in [6, 6.07) is 11.3. The van der Waals surface area contributed by atoms with E-state index in [9.17, 15) is 36.6 Å². The fourth-order valence-electron chi connectivity index (χ4n) is 3.74. The van der Waals surface area contributed by atoms with E-state index in [0.29, 0.717) is 23.0 Å². The van der Waals surface area contributed by atoms with E-state index in [1.165, 1.54) is 6.07 Å². The number of hydrogen-bond acceptors (Lipinski definition) is 7. The van der Waals surface area contributed by atoms with Crippen molar-refractivity contribution in [1.82, 2.24) is 9.88 Å². The Hall–Kier alpha value is -2.74. The molecule has 0 spiro atoms. The first-order valence-electron chi connectivity index (χ1n) is 9.08. The van der Waals surface area contributed by atoms with Gasteiger partial charge in [-0.05, 0) is 17.7 Å². The predicted octanol–water partition coefficient (Wildman–Crippen LogP) is 2.93. The Bertz CT molecular complexity index is 1260. The first-order chi connectivity index (χ1) is 15.0. The summed E-state index contributed by atoms with van der Waals surface area (Å²) in [6.07, 6.45) is -4.75. The number of nitrogens with zero attached hydrogens (tertiary/aromatic N) is 1. The molecular formula is C19H15F3N2O6S2. The highest BCUT2D eigenvalue weighted by molar-refractivity contribution is 7.91. The first kappa shape index (κ1) is 22.5. The number of alkyl halides is 3. The standard InChI is InChI=1S/C19H15F3N2O6S2/c20-19(21,22)14-8-12(23-30-14)13-6-7-15(31-13)32(28,29)24-18(17(26)27)11(9-25)16(18)10-4-2-1-3-5-10/h1-8,11,16,24-25H,9H2,(H,26,27)/t11-,16+,18+/m1/s1. The summed E-state index contributed by atoms with van der Waals surface area (Å²) < 4.78 is 70.2. The molecule has 0 saturated heterocycles. The van der Waals surface area contributed by atoms with Gasteiger partial charge in [0.2, 0.25) is 5.76 Å². The maximum Gasteiger partial charge on any atom is 0.452 e. The number of carbonyl (C=O) groups is 1. The molecule has 1 aliphatic rings. The number of aromatic nitrogens is 1. The van der Waals surface area contributed by atoms with Gasteiger partial charge in [0.15, 0.2) is 0 Å². The Morgan fingerprint density at radius 2 is 1.91 bits per heavy atom. The van der Waals surface area contributed by atoms with Crippen molar-refractivity contribution in [3.8, 4) is 10.6 Å². The minimum atomic E-state index is -4.75. The van der Waals surface area contributed by atoms with Gasteiger partial charge in [0, 0.05) is 24.5 Å². The van der Waals surface area contributed by atoms with Gasteiger partial charge in [0.25, 0.3) is 10.0 Å². The zero-order valence-electron chi connectivity index (χ0n) is 15.9. The third kappa shape index (κ3) is 3.70. The van der Waals surface area contributed by atoms with E-state index in [0.717, 1.165) is 6.07 Å². The van der Waals surface area contributed by atoms with Crippen LogP contribution >= 0.6 is 11.3 Å². The van der Waals surface area contributed by atoms with Gasteiger partial charge in [-0.1, -0.05) is 35.5 Å². The molecule has 13 heteroatoms. The van der Waals surface area contributed by atoms with Crippen molar-refractivity contribution in [3.05, 3.63) is 59.9 Å². The molecule has 170 valence electrons. The van der Waals surface area contributed by atoms with Crippen molar-refractivity contribution in [1.29, 1.82) is 0 Å². The van der Waals surface area contributed by atoms with Gasteiger partial charge >= 0.3 is 12.1 Å². The number of nitrogens with one attached hydrogen (secondary N) is 1. The molecular weight excluding hydrogens is 473 g/mol. The largest absolute Gasteiger partial charge is 0.480 e. The number of aliphatic carboxylic acids is 1. The van der Waals surface area contributed by atoms with E-state index in [1.807, 2.05) is 0 Å². The minimum absolute atomic E-state index is 0.0862. The van der Waals surface area contributed by atoms with Gasteiger partial charge < -0.3 is 14.7 Å². The van der Waals surface area contributed by atoms with Crippen LogP contribution in [0.2, 0.25) is 0 Å². The molecule has 8 nitrogen and oxygen atoms in total. The number of hydrogen-bond donors (Lipinski definition) is 3. The molecule has 1 aliphatic carbocycles. The van der Waals surface area contributed by atoms with Crippen LogP contribution in [0.4, 0.5) is 13.2 Å². The summed E-state index contributed by atoms with van der Waals surface area (Å²) in [4.78, 5) is 12.2. The molecule has 0 aliphatic heterocycles. The second kappa shape index (κ2) is 7.69. The molecule has 2 heterocycles. The topological polar surface area (TPSA) is 130 Å². The second-order valence-electron chi connectivity index (χ2n) is 7.15. The molecule has 0 radical (unpaired) electrons. The van der Waals surface area contributed by atoms with E-state index in [1.54, 1.807) is 30.3 Å². The van der Waals surface area contributed by atoms with Gasteiger partial charge in [0.1, 0.15) is 15.4 Å². The first-order valence-corrected chi connectivity index (χ1v) is 11.4. The maximum atomic E-state index is 13.0. The highest BCUT2D eigenvalue weighted by atomic mass is 32.2. The molecule has 1 saturated carbocycles. The molecule has 1 fully saturated rings. The van der Waals surface area contributed by atoms with Crippen LogP contribution in [0, 0.1) is 5.92 Å². The monoisotopic (exact) mass is 488 g/mol. The van der Waals surface area contributed by atoms with Crippen LogP contribution in [0.5, 0.6) is 0 Å². The van der Waals surface area contributed by atoms with E-state index in [-0.39, 0.29) is 14.8 Å². The Balaban J connectivity index is 1.64. The Kier molecular flexibility index (Phi) is 5.40. The van der Waals surface area contributed by atoms with Gasteiger partial charge in [-0.25, -0.2) is 8.42 Å². The Labute approximate surface area is 183 Å². The second-order valence-corrected chi connectivity index (χ2v) is 10.1. The Morgan fingerprint density at radius 3 is 2.47 bits per heavy atom. The third-order valence-corrected chi connectivity index (χ3v) is 8.35. The number of rotatable bonds is 7. The maximum absolute atomic E-state index is 13.0. The van der Waals surface area contributed by atoms with Crippen LogP contribution < -0.4 is 4.72 Å². The quantitative estimate of drug-likeness (QED) is 0.466. The summed E-state index contributed by atoms with van der Waals surface area (Å²) in [6.45, 7) is -0.566. The smallest absolute Gasteiger partial charge is 0.452 e. The number of aliphatic hydroxyl groups excluding tert-OH is 1. The van der Waals surface area contributed by atoms with Crippen molar-refractivity contribution >= 4 is 27.3 Å². The zero-order valence-corrected chi connectivity index (χ0v) is 17.5. The number of sulfonamides is 1. The number of carboxylic acids is 1. The molecule has 32 heavy (non-hydrogen) atoms. The lowest BCUT2D eigenvalue weighted by Crippen LogP contribution is -2.46. The normalized spacial score (nSPS) is 23.2. The fraction of sp³-hybridized carbons (Fsp3) is 0.263. The van der Waals surface area contributed by atoms with Crippen molar-refractivity contribution in [2.75, 3.05) is 6.61 Å². The highest BCUT2D eigenvalue weighted by Crippen LogP contribution is 2.58. The van der Waals surface area contributed by atoms with Crippen LogP contribution in [-0.2, 0) is 21.0 Å². The molecule has 1 aromatic carbocycles. The van der Waals surface area contributed by atoms with Gasteiger partial charge in [-0.3, -0.25) is 4.79 Å². The minimum Gasteiger partial charge on any atom is -0.480 e. The summed E-state index contributed by atoms with van der Waals surface area (Å²) >= 11 is 0.607. The highest BCUT2D eigenvalue weighted by Gasteiger charge is 2.72. The van der Waals surface area contributed by atoms with E-state index < -0.39 is 51.9 Å². The van der Waals surface area contributed by atoms with Crippen molar-refractivity contribution in [2.45, 2.75) is 21.8 Å². The number of aliphatic hydroxyl groups is 1. The number of carboxylic acid groups (broad SMARTS) is 1. The third-order valence-electron chi connectivity index (χ3n) is 5.27. The summed E-state index contributed by atoms with van der Waals surface area (Å²) in [5.74, 6) is -4.48. The molecule has 0 amide bonds. The lowest BCUT2D eigenvalue weighted by Gasteiger charge is -2.15. The predicted molar refractivity (Wildman–Crippen MR) is 105 cm³/mol. The van der Waals surface area contributed by atoms with Crippen LogP contribution in [0.1, 0.15) is 17.2 Å². The van der Waals surface area contributed by atoms with Crippen molar-refractivity contribution < 1.29 is 41.1 Å². The molecule has 0 unspecified atom stereocenters. The van der Waals surface area contributed by atoms with Crippen LogP contribution in [-0.4, -0.2) is 41.9 Å². The van der Waals surface area contributed by atoms with Gasteiger partial charge in [0.05, 0.1) is 4.88 Å². The van der Waals surface area contributed by atoms with E-state index >= 15 is 0 Å². The van der Waals surface area contributed by atoms with E-state index in [2.05, 4.69) is 14.4 Å². The molecule has 0 bridgehead atoms. The number of halogens is 3.